The van der Waals surface area contributed by atoms with Crippen LogP contribution in [0.1, 0.15) is 27.7 Å². The van der Waals surface area contributed by atoms with Gasteiger partial charge >= 0.3 is 0 Å². The lowest BCUT2D eigenvalue weighted by atomic mass is 10.2. The predicted octanol–water partition coefficient (Wildman–Crippen LogP) is 4.25. The number of amides is 1. The van der Waals surface area contributed by atoms with Gasteiger partial charge in [-0.1, -0.05) is 30.0 Å². The van der Waals surface area contributed by atoms with Crippen LogP contribution in [0.2, 0.25) is 0 Å². The second-order valence-electron chi connectivity index (χ2n) is 8.36. The molecular formula is C25H32N4O3S. The third kappa shape index (κ3) is 6.36. The molecule has 0 unspecified atom stereocenters. The van der Waals surface area contributed by atoms with Crippen LogP contribution in [0.3, 0.4) is 0 Å². The van der Waals surface area contributed by atoms with Crippen LogP contribution >= 0.6 is 11.8 Å². The largest absolute Gasteiger partial charge is 0.497 e. The number of methoxy groups -OCH3 is 1. The minimum Gasteiger partial charge on any atom is -0.497 e. The van der Waals surface area contributed by atoms with Crippen LogP contribution in [0, 0.1) is 0 Å². The number of ether oxygens (including phenoxy) is 1. The molecule has 0 aliphatic heterocycles. The van der Waals surface area contributed by atoms with E-state index in [9.17, 15) is 9.59 Å². The van der Waals surface area contributed by atoms with Gasteiger partial charge in [0.1, 0.15) is 5.75 Å². The van der Waals surface area contributed by atoms with E-state index in [0.717, 1.165) is 6.54 Å². The summed E-state index contributed by atoms with van der Waals surface area (Å²) >= 11 is 1.27. The summed E-state index contributed by atoms with van der Waals surface area (Å²) in [6.45, 7) is 9.84. The number of anilines is 1. The molecule has 0 saturated heterocycles. The van der Waals surface area contributed by atoms with Gasteiger partial charge in [0, 0.05) is 36.9 Å². The molecule has 8 heteroatoms. The predicted molar refractivity (Wildman–Crippen MR) is 135 cm³/mol. The Hall–Kier alpha value is -2.84. The zero-order chi connectivity index (χ0) is 24.0. The molecule has 0 fully saturated rings. The minimum atomic E-state index is -0.173. The molecule has 0 bridgehead atoms. The van der Waals surface area contributed by atoms with Crippen molar-refractivity contribution in [2.24, 2.45) is 0 Å². The topological polar surface area (TPSA) is 76.5 Å². The van der Waals surface area contributed by atoms with Crippen molar-refractivity contribution >= 4 is 34.3 Å². The molecule has 0 radical (unpaired) electrons. The summed E-state index contributed by atoms with van der Waals surface area (Å²) in [5, 5.41) is 4.01. The average molecular weight is 469 g/mol. The van der Waals surface area contributed by atoms with Gasteiger partial charge < -0.3 is 10.1 Å². The molecule has 0 saturated carbocycles. The Morgan fingerprint density at radius 3 is 2.55 bits per heavy atom. The van der Waals surface area contributed by atoms with Crippen molar-refractivity contribution in [3.63, 3.8) is 0 Å². The number of nitrogens with one attached hydrogen (secondary N) is 1. The normalized spacial score (nSPS) is 11.5. The fourth-order valence-corrected chi connectivity index (χ4v) is 4.64. The van der Waals surface area contributed by atoms with Gasteiger partial charge in [-0.3, -0.25) is 19.1 Å². The Bertz CT molecular complexity index is 1150. The molecule has 1 aromatic heterocycles. The first-order valence-corrected chi connectivity index (χ1v) is 12.1. The van der Waals surface area contributed by atoms with Crippen molar-refractivity contribution in [2.45, 2.75) is 51.5 Å². The standard InChI is InChI=1S/C25H32N4O3S/c1-17(2)28(18(3)4)13-14-29-24(31)21-11-6-7-12-22(21)27-25(29)33-16-23(30)26-19-9-8-10-20(15-19)32-5/h6-12,15,17-18H,13-14,16H2,1-5H3,(H,26,30). The van der Waals surface area contributed by atoms with Gasteiger partial charge in [0.2, 0.25) is 5.91 Å². The smallest absolute Gasteiger partial charge is 0.262 e. The second kappa shape index (κ2) is 11.3. The zero-order valence-electron chi connectivity index (χ0n) is 19.9. The first kappa shape index (κ1) is 24.8. The Morgan fingerprint density at radius 1 is 1.12 bits per heavy atom. The molecule has 3 aromatic rings. The quantitative estimate of drug-likeness (QED) is 0.354. The second-order valence-corrected chi connectivity index (χ2v) is 9.30. The van der Waals surface area contributed by atoms with E-state index in [1.165, 1.54) is 11.8 Å². The zero-order valence-corrected chi connectivity index (χ0v) is 20.7. The van der Waals surface area contributed by atoms with Crippen molar-refractivity contribution < 1.29 is 9.53 Å². The maximum Gasteiger partial charge on any atom is 0.262 e. The van der Waals surface area contributed by atoms with E-state index in [2.05, 4.69) is 37.9 Å². The van der Waals surface area contributed by atoms with E-state index in [1.807, 2.05) is 36.4 Å². The van der Waals surface area contributed by atoms with E-state index in [4.69, 9.17) is 9.72 Å². The first-order chi connectivity index (χ1) is 15.8. The summed E-state index contributed by atoms with van der Waals surface area (Å²) in [7, 11) is 1.58. The lowest BCUT2D eigenvalue weighted by molar-refractivity contribution is -0.113. The van der Waals surface area contributed by atoms with Crippen LogP contribution in [0.5, 0.6) is 5.75 Å². The number of benzene rings is 2. The van der Waals surface area contributed by atoms with Crippen molar-refractivity contribution in [3.05, 3.63) is 58.9 Å². The van der Waals surface area contributed by atoms with E-state index in [1.54, 1.807) is 23.8 Å². The molecule has 1 amide bonds. The number of rotatable bonds is 10. The van der Waals surface area contributed by atoms with E-state index < -0.39 is 0 Å². The number of aromatic nitrogens is 2. The molecule has 0 aliphatic rings. The van der Waals surface area contributed by atoms with Gasteiger partial charge in [0.05, 0.1) is 23.8 Å². The van der Waals surface area contributed by atoms with Gasteiger partial charge in [-0.15, -0.1) is 0 Å². The molecule has 33 heavy (non-hydrogen) atoms. The number of thioether (sulfide) groups is 1. The van der Waals surface area contributed by atoms with Crippen molar-refractivity contribution in [3.8, 4) is 5.75 Å². The number of fused-ring (bicyclic) bond motifs is 1. The molecule has 7 nitrogen and oxygen atoms in total. The lowest BCUT2D eigenvalue weighted by Gasteiger charge is -2.30. The fraction of sp³-hybridized carbons (Fsp3) is 0.400. The summed E-state index contributed by atoms with van der Waals surface area (Å²) < 4.78 is 6.90. The van der Waals surface area contributed by atoms with Gasteiger partial charge in [-0.25, -0.2) is 4.98 Å². The lowest BCUT2D eigenvalue weighted by Crippen LogP contribution is -2.40. The maximum atomic E-state index is 13.3. The van der Waals surface area contributed by atoms with Crippen LogP contribution in [0.4, 0.5) is 5.69 Å². The summed E-state index contributed by atoms with van der Waals surface area (Å²) in [4.78, 5) is 32.9. The molecule has 3 rings (SSSR count). The number of nitrogens with zero attached hydrogens (tertiary/aromatic N) is 3. The van der Waals surface area contributed by atoms with Gasteiger partial charge in [-0.05, 0) is 52.0 Å². The Kier molecular flexibility index (Phi) is 8.52. The maximum absolute atomic E-state index is 13.3. The van der Waals surface area contributed by atoms with E-state index in [-0.39, 0.29) is 17.2 Å². The molecule has 176 valence electrons. The molecule has 1 N–H and O–H groups in total. The van der Waals surface area contributed by atoms with Crippen LogP contribution in [-0.4, -0.2) is 51.8 Å². The molecule has 0 atom stereocenters. The highest BCUT2D eigenvalue weighted by molar-refractivity contribution is 7.99. The number of hydrogen-bond donors (Lipinski definition) is 1. The number of carbonyl (C=O) groups excluding carboxylic acids is 1. The van der Waals surface area contributed by atoms with Crippen LogP contribution in [0.25, 0.3) is 10.9 Å². The van der Waals surface area contributed by atoms with Crippen LogP contribution in [-0.2, 0) is 11.3 Å². The van der Waals surface area contributed by atoms with E-state index >= 15 is 0 Å². The monoisotopic (exact) mass is 468 g/mol. The number of hydrogen-bond acceptors (Lipinski definition) is 6. The van der Waals surface area contributed by atoms with E-state index in [0.29, 0.717) is 46.1 Å². The van der Waals surface area contributed by atoms with Crippen molar-refractivity contribution in [1.29, 1.82) is 0 Å². The summed E-state index contributed by atoms with van der Waals surface area (Å²) in [5.74, 6) is 0.638. The summed E-state index contributed by atoms with van der Waals surface area (Å²) in [6, 6.07) is 15.3. The molecule has 2 aromatic carbocycles. The van der Waals surface area contributed by atoms with Crippen molar-refractivity contribution in [1.82, 2.24) is 14.5 Å². The van der Waals surface area contributed by atoms with Crippen molar-refractivity contribution in [2.75, 3.05) is 24.7 Å². The highest BCUT2D eigenvalue weighted by atomic mass is 32.2. The molecule has 0 spiro atoms. The van der Waals surface area contributed by atoms with Gasteiger partial charge in [0.25, 0.3) is 5.56 Å². The third-order valence-electron chi connectivity index (χ3n) is 5.42. The highest BCUT2D eigenvalue weighted by Crippen LogP contribution is 2.20. The van der Waals surface area contributed by atoms with Crippen LogP contribution < -0.4 is 15.6 Å². The summed E-state index contributed by atoms with van der Waals surface area (Å²) in [6.07, 6.45) is 0. The average Bonchev–Trinajstić information content (AvgIpc) is 2.79. The third-order valence-corrected chi connectivity index (χ3v) is 6.40. The minimum absolute atomic E-state index is 0.0798. The Labute approximate surface area is 199 Å². The van der Waals surface area contributed by atoms with Crippen LogP contribution in [0.15, 0.2) is 58.5 Å². The Balaban J connectivity index is 1.82. The van der Waals surface area contributed by atoms with Gasteiger partial charge in [0.15, 0.2) is 5.16 Å². The highest BCUT2D eigenvalue weighted by Gasteiger charge is 2.17. The SMILES string of the molecule is COc1cccc(NC(=O)CSc2nc3ccccc3c(=O)n2CCN(C(C)C)C(C)C)c1. The molecular weight excluding hydrogens is 436 g/mol. The number of carbonyl (C=O) groups is 1. The Morgan fingerprint density at radius 2 is 1.85 bits per heavy atom. The van der Waals surface area contributed by atoms with Gasteiger partial charge in [-0.2, -0.15) is 0 Å². The number of para-hydroxylation sites is 1. The fourth-order valence-electron chi connectivity index (χ4n) is 3.81. The first-order valence-electron chi connectivity index (χ1n) is 11.1. The molecule has 1 heterocycles. The summed E-state index contributed by atoms with van der Waals surface area (Å²) in [5.41, 5.74) is 1.22. The molecule has 0 aliphatic carbocycles.